The number of carbonyl (C=O) groups excluding carboxylic acids is 1. The predicted octanol–water partition coefficient (Wildman–Crippen LogP) is 4.36. The van der Waals surface area contributed by atoms with Gasteiger partial charge in [0.1, 0.15) is 5.75 Å². The number of rotatable bonds is 3. The molecule has 0 saturated heterocycles. The van der Waals surface area contributed by atoms with Gasteiger partial charge in [0.05, 0.1) is 7.11 Å². The van der Waals surface area contributed by atoms with Crippen molar-refractivity contribution in [3.63, 3.8) is 0 Å². The van der Waals surface area contributed by atoms with Crippen molar-refractivity contribution in [1.82, 2.24) is 0 Å². The van der Waals surface area contributed by atoms with Gasteiger partial charge in [0.15, 0.2) is 17.4 Å². The van der Waals surface area contributed by atoms with Crippen molar-refractivity contribution in [2.45, 2.75) is 0 Å². The Morgan fingerprint density at radius 2 is 1.45 bits per heavy atom. The maximum Gasteiger partial charge on any atom is 0.193 e. The molecule has 0 bridgehead atoms. The van der Waals surface area contributed by atoms with Crippen molar-refractivity contribution in [1.29, 1.82) is 0 Å². The Bertz CT molecular complexity index is 872. The topological polar surface area (TPSA) is 26.3 Å². The van der Waals surface area contributed by atoms with Crippen LogP contribution in [0.5, 0.6) is 5.75 Å². The van der Waals surface area contributed by atoms with Crippen LogP contribution in [0.15, 0.2) is 54.6 Å². The largest absolute Gasteiger partial charge is 0.497 e. The fourth-order valence-electron chi connectivity index (χ4n) is 2.30. The third-order valence-corrected chi connectivity index (χ3v) is 3.49. The van der Waals surface area contributed by atoms with E-state index >= 15 is 0 Å². The maximum atomic E-state index is 13.3. The summed E-state index contributed by atoms with van der Waals surface area (Å²) in [6.07, 6.45) is 0. The zero-order valence-corrected chi connectivity index (χ0v) is 11.8. The van der Waals surface area contributed by atoms with Gasteiger partial charge in [0, 0.05) is 11.1 Å². The minimum atomic E-state index is -1.03. The first-order valence-corrected chi connectivity index (χ1v) is 6.66. The quantitative estimate of drug-likeness (QED) is 0.672. The Morgan fingerprint density at radius 3 is 2.18 bits per heavy atom. The van der Waals surface area contributed by atoms with Crippen LogP contribution in [-0.4, -0.2) is 12.9 Å². The molecular formula is C18H12F2O2. The van der Waals surface area contributed by atoms with Crippen molar-refractivity contribution in [2.75, 3.05) is 7.11 Å². The molecule has 3 aromatic rings. The molecule has 0 aliphatic carbocycles. The summed E-state index contributed by atoms with van der Waals surface area (Å²) in [5.41, 5.74) is 0.537. The van der Waals surface area contributed by atoms with Crippen LogP contribution in [-0.2, 0) is 0 Å². The second kappa shape index (κ2) is 5.56. The summed E-state index contributed by atoms with van der Waals surface area (Å²) in [5.74, 6) is -1.62. The Kier molecular flexibility index (Phi) is 3.59. The lowest BCUT2D eigenvalue weighted by molar-refractivity contribution is 0.103. The van der Waals surface area contributed by atoms with E-state index < -0.39 is 11.6 Å². The van der Waals surface area contributed by atoms with Gasteiger partial charge in [-0.05, 0) is 47.2 Å². The molecule has 0 unspecified atom stereocenters. The lowest BCUT2D eigenvalue weighted by atomic mass is 10.00. The van der Waals surface area contributed by atoms with E-state index in [9.17, 15) is 13.6 Å². The average Bonchev–Trinajstić information content (AvgIpc) is 2.55. The molecule has 0 amide bonds. The first-order valence-electron chi connectivity index (χ1n) is 6.66. The molecule has 0 aromatic heterocycles. The highest BCUT2D eigenvalue weighted by atomic mass is 19.2. The minimum absolute atomic E-state index is 0.117. The lowest BCUT2D eigenvalue weighted by Gasteiger charge is -2.06. The van der Waals surface area contributed by atoms with E-state index in [1.165, 1.54) is 6.07 Å². The predicted molar refractivity (Wildman–Crippen MR) is 80.3 cm³/mol. The minimum Gasteiger partial charge on any atom is -0.497 e. The number of hydrogen-bond donors (Lipinski definition) is 0. The number of ether oxygens (including phenoxy) is 1. The zero-order chi connectivity index (χ0) is 15.7. The molecule has 0 aliphatic rings. The third kappa shape index (κ3) is 2.55. The summed E-state index contributed by atoms with van der Waals surface area (Å²) < 4.78 is 31.3. The smallest absolute Gasteiger partial charge is 0.193 e. The molecule has 0 N–H and O–H groups in total. The Labute approximate surface area is 126 Å². The van der Waals surface area contributed by atoms with Gasteiger partial charge < -0.3 is 4.74 Å². The van der Waals surface area contributed by atoms with Crippen LogP contribution in [0.3, 0.4) is 0 Å². The van der Waals surface area contributed by atoms with E-state index in [2.05, 4.69) is 0 Å². The van der Waals surface area contributed by atoms with Gasteiger partial charge in [-0.15, -0.1) is 0 Å². The van der Waals surface area contributed by atoms with Crippen LogP contribution in [0.4, 0.5) is 8.78 Å². The number of halogens is 2. The lowest BCUT2D eigenvalue weighted by Crippen LogP contribution is -2.02. The summed E-state index contributed by atoms with van der Waals surface area (Å²) in [4.78, 5) is 12.4. The first kappa shape index (κ1) is 14.2. The van der Waals surface area contributed by atoms with E-state index in [0.29, 0.717) is 5.56 Å². The van der Waals surface area contributed by atoms with Gasteiger partial charge in [-0.1, -0.05) is 18.2 Å². The molecule has 0 fully saturated rings. The van der Waals surface area contributed by atoms with Crippen molar-refractivity contribution < 1.29 is 18.3 Å². The fraction of sp³-hybridized carbons (Fsp3) is 0.0556. The number of fused-ring (bicyclic) bond motifs is 1. The van der Waals surface area contributed by atoms with Gasteiger partial charge in [-0.3, -0.25) is 4.79 Å². The van der Waals surface area contributed by atoms with E-state index in [1.54, 1.807) is 31.4 Å². The van der Waals surface area contributed by atoms with E-state index in [4.69, 9.17) is 4.74 Å². The molecule has 0 heterocycles. The molecule has 3 aromatic carbocycles. The second-order valence-corrected chi connectivity index (χ2v) is 4.89. The first-order chi connectivity index (χ1) is 10.6. The molecule has 0 atom stereocenters. The normalized spacial score (nSPS) is 10.7. The van der Waals surface area contributed by atoms with Crippen molar-refractivity contribution in [3.05, 3.63) is 77.4 Å². The second-order valence-electron chi connectivity index (χ2n) is 4.89. The molecule has 0 aliphatic heterocycles. The van der Waals surface area contributed by atoms with Crippen LogP contribution in [0.1, 0.15) is 15.9 Å². The molecule has 3 rings (SSSR count). The molecule has 2 nitrogen and oxygen atoms in total. The average molecular weight is 298 g/mol. The number of hydrogen-bond acceptors (Lipinski definition) is 2. The Hall–Kier alpha value is -2.75. The Balaban J connectivity index is 2.02. The molecule has 4 heteroatoms. The van der Waals surface area contributed by atoms with Gasteiger partial charge in [0.2, 0.25) is 0 Å². The molecule has 0 saturated carbocycles. The van der Waals surface area contributed by atoms with Crippen molar-refractivity contribution >= 4 is 16.6 Å². The Morgan fingerprint density at radius 1 is 0.818 bits per heavy atom. The van der Waals surface area contributed by atoms with Crippen LogP contribution < -0.4 is 4.74 Å². The van der Waals surface area contributed by atoms with Crippen molar-refractivity contribution in [3.8, 4) is 5.75 Å². The van der Waals surface area contributed by atoms with Crippen molar-refractivity contribution in [2.24, 2.45) is 0 Å². The summed E-state index contributed by atoms with van der Waals surface area (Å²) in [6, 6.07) is 13.8. The molecule has 22 heavy (non-hydrogen) atoms. The number of carbonyl (C=O) groups is 1. The summed E-state index contributed by atoms with van der Waals surface area (Å²) in [5, 5.41) is 1.80. The highest BCUT2D eigenvalue weighted by Crippen LogP contribution is 2.23. The number of ketones is 1. The molecule has 0 spiro atoms. The summed E-state index contributed by atoms with van der Waals surface area (Å²) >= 11 is 0. The fourth-order valence-corrected chi connectivity index (χ4v) is 2.30. The summed E-state index contributed by atoms with van der Waals surface area (Å²) in [6.45, 7) is 0. The highest BCUT2D eigenvalue weighted by molar-refractivity contribution is 6.10. The van der Waals surface area contributed by atoms with Gasteiger partial charge in [0.25, 0.3) is 0 Å². The van der Waals surface area contributed by atoms with Crippen LogP contribution in [0.2, 0.25) is 0 Å². The molecular weight excluding hydrogens is 286 g/mol. The van der Waals surface area contributed by atoms with E-state index in [0.717, 1.165) is 28.7 Å². The van der Waals surface area contributed by atoms with Gasteiger partial charge in [-0.25, -0.2) is 8.78 Å². The standard InChI is InChI=1S/C18H12F2O2/c1-22-15-6-4-11-8-13(3-2-12(11)9-15)18(21)14-5-7-16(19)17(20)10-14/h2-10H,1H3. The third-order valence-electron chi connectivity index (χ3n) is 3.49. The molecule has 110 valence electrons. The monoisotopic (exact) mass is 298 g/mol. The summed E-state index contributed by atoms with van der Waals surface area (Å²) in [7, 11) is 1.59. The van der Waals surface area contributed by atoms with E-state index in [1.807, 2.05) is 12.1 Å². The number of benzene rings is 3. The van der Waals surface area contributed by atoms with Crippen LogP contribution >= 0.6 is 0 Å². The van der Waals surface area contributed by atoms with E-state index in [-0.39, 0.29) is 11.3 Å². The van der Waals surface area contributed by atoms with Crippen LogP contribution in [0, 0.1) is 11.6 Å². The maximum absolute atomic E-state index is 13.3. The molecule has 0 radical (unpaired) electrons. The van der Waals surface area contributed by atoms with Gasteiger partial charge >= 0.3 is 0 Å². The van der Waals surface area contributed by atoms with Crippen LogP contribution in [0.25, 0.3) is 10.8 Å². The zero-order valence-electron chi connectivity index (χ0n) is 11.8. The number of methoxy groups -OCH3 is 1. The van der Waals surface area contributed by atoms with Gasteiger partial charge in [-0.2, -0.15) is 0 Å². The SMILES string of the molecule is COc1ccc2cc(C(=O)c3ccc(F)c(F)c3)ccc2c1. The highest BCUT2D eigenvalue weighted by Gasteiger charge is 2.12.